The van der Waals surface area contributed by atoms with Gasteiger partial charge in [0.25, 0.3) is 0 Å². The monoisotopic (exact) mass is 404 g/mol. The summed E-state index contributed by atoms with van der Waals surface area (Å²) in [7, 11) is -3.65. The van der Waals surface area contributed by atoms with E-state index < -0.39 is 16.1 Å². The minimum Gasteiger partial charge on any atom is -0.491 e. The molecule has 2 rings (SSSR count). The van der Waals surface area contributed by atoms with E-state index >= 15 is 0 Å². The van der Waals surface area contributed by atoms with Crippen molar-refractivity contribution in [3.63, 3.8) is 0 Å². The van der Waals surface area contributed by atoms with Crippen LogP contribution < -0.4 is 14.4 Å². The lowest BCUT2D eigenvalue weighted by Crippen LogP contribution is -2.47. The van der Waals surface area contributed by atoms with E-state index in [1.807, 2.05) is 26.8 Å². The van der Waals surface area contributed by atoms with Crippen molar-refractivity contribution in [3.05, 3.63) is 54.1 Å². The van der Waals surface area contributed by atoms with Crippen LogP contribution in [0.15, 0.2) is 48.5 Å². The lowest BCUT2D eigenvalue weighted by Gasteiger charge is -2.30. The van der Waals surface area contributed by atoms with E-state index in [1.54, 1.807) is 49.4 Å². The highest BCUT2D eigenvalue weighted by Gasteiger charge is 2.31. The van der Waals surface area contributed by atoms with Crippen molar-refractivity contribution in [2.75, 3.05) is 15.9 Å². The zero-order chi connectivity index (χ0) is 20.9. The molecule has 0 fully saturated rings. The molecule has 0 saturated carbocycles. The second-order valence-corrected chi connectivity index (χ2v) is 8.86. The van der Waals surface area contributed by atoms with Crippen LogP contribution in [0.2, 0.25) is 0 Å². The number of nitrogens with zero attached hydrogens (tertiary/aromatic N) is 1. The van der Waals surface area contributed by atoms with Gasteiger partial charge in [-0.15, -0.1) is 0 Å². The van der Waals surface area contributed by atoms with E-state index in [4.69, 9.17) is 4.74 Å². The lowest BCUT2D eigenvalue weighted by molar-refractivity contribution is -0.117. The first kappa shape index (κ1) is 21.8. The van der Waals surface area contributed by atoms with E-state index in [9.17, 15) is 13.2 Å². The summed E-state index contributed by atoms with van der Waals surface area (Å²) in [6, 6.07) is 13.3. The van der Waals surface area contributed by atoms with Crippen LogP contribution in [0, 0.1) is 6.92 Å². The van der Waals surface area contributed by atoms with Crippen molar-refractivity contribution < 1.29 is 17.9 Å². The number of carbonyl (C=O) groups excluding carboxylic acids is 1. The normalized spacial score (nSPS) is 12.5. The Hall–Kier alpha value is -2.54. The quantitative estimate of drug-likeness (QED) is 0.722. The summed E-state index contributed by atoms with van der Waals surface area (Å²) in [4.78, 5) is 12.9. The molecular formula is C21H28N2O4S. The average Bonchev–Trinajstić information content (AvgIpc) is 2.59. The highest BCUT2D eigenvalue weighted by molar-refractivity contribution is 7.92. The van der Waals surface area contributed by atoms with Crippen molar-refractivity contribution in [2.45, 2.75) is 46.3 Å². The van der Waals surface area contributed by atoms with Gasteiger partial charge in [0, 0.05) is 5.69 Å². The highest BCUT2D eigenvalue weighted by Crippen LogP contribution is 2.25. The van der Waals surface area contributed by atoms with Gasteiger partial charge in [-0.25, -0.2) is 8.42 Å². The van der Waals surface area contributed by atoms with Crippen molar-refractivity contribution in [1.82, 2.24) is 0 Å². The number of rotatable bonds is 8. The fourth-order valence-corrected chi connectivity index (χ4v) is 4.14. The largest absolute Gasteiger partial charge is 0.491 e. The molecule has 2 aromatic rings. The van der Waals surface area contributed by atoms with Gasteiger partial charge in [-0.3, -0.25) is 9.10 Å². The van der Waals surface area contributed by atoms with Crippen LogP contribution in [0.1, 0.15) is 32.8 Å². The van der Waals surface area contributed by atoms with Gasteiger partial charge >= 0.3 is 0 Å². The minimum absolute atomic E-state index is 0.0579. The molecule has 2 aromatic carbocycles. The first-order valence-electron chi connectivity index (χ1n) is 9.25. The van der Waals surface area contributed by atoms with Gasteiger partial charge in [0.05, 0.1) is 18.0 Å². The Labute approximate surface area is 167 Å². The Morgan fingerprint density at radius 2 is 1.79 bits per heavy atom. The third kappa shape index (κ3) is 5.73. The molecule has 1 atom stereocenters. The van der Waals surface area contributed by atoms with Gasteiger partial charge in [0.15, 0.2) is 0 Å². The molecule has 152 valence electrons. The topological polar surface area (TPSA) is 75.7 Å². The molecule has 0 radical (unpaired) electrons. The number of ether oxygens (including phenoxy) is 1. The summed E-state index contributed by atoms with van der Waals surface area (Å²) in [6.07, 6.45) is 1.51. The number of hydrogen-bond donors (Lipinski definition) is 1. The summed E-state index contributed by atoms with van der Waals surface area (Å²) < 4.78 is 31.7. The van der Waals surface area contributed by atoms with Gasteiger partial charge in [-0.2, -0.15) is 0 Å². The third-order valence-electron chi connectivity index (χ3n) is 4.08. The van der Waals surface area contributed by atoms with Crippen LogP contribution in [0.25, 0.3) is 0 Å². The van der Waals surface area contributed by atoms with E-state index in [0.29, 0.717) is 23.5 Å². The first-order chi connectivity index (χ1) is 13.1. The van der Waals surface area contributed by atoms with Crippen LogP contribution in [-0.2, 0) is 14.8 Å². The fraction of sp³-hybridized carbons (Fsp3) is 0.381. The van der Waals surface area contributed by atoms with Crippen LogP contribution in [0.4, 0.5) is 11.4 Å². The average molecular weight is 405 g/mol. The van der Waals surface area contributed by atoms with E-state index in [0.717, 1.165) is 11.8 Å². The second kappa shape index (κ2) is 9.10. The predicted octanol–water partition coefficient (Wildman–Crippen LogP) is 3.97. The zero-order valence-corrected chi connectivity index (χ0v) is 17.8. The predicted molar refractivity (Wildman–Crippen MR) is 113 cm³/mol. The number of benzene rings is 2. The summed E-state index contributed by atoms with van der Waals surface area (Å²) in [5.41, 5.74) is 1.98. The smallest absolute Gasteiger partial charge is 0.248 e. The molecule has 7 heteroatoms. The number of hydrogen-bond acceptors (Lipinski definition) is 4. The molecule has 0 saturated heterocycles. The second-order valence-electron chi connectivity index (χ2n) is 7.00. The number of aryl methyl sites for hydroxylation is 1. The number of amides is 1. The molecule has 0 aliphatic carbocycles. The van der Waals surface area contributed by atoms with E-state index in [2.05, 4.69) is 5.32 Å². The Bertz CT molecular complexity index is 908. The van der Waals surface area contributed by atoms with Gasteiger partial charge in [0.1, 0.15) is 11.8 Å². The summed E-state index contributed by atoms with van der Waals surface area (Å²) in [6.45, 7) is 7.54. The number of anilines is 2. The molecule has 0 aliphatic rings. The van der Waals surface area contributed by atoms with Gasteiger partial charge in [0.2, 0.25) is 15.9 Å². The Morgan fingerprint density at radius 1 is 1.14 bits per heavy atom. The molecule has 0 spiro atoms. The molecule has 0 aromatic heterocycles. The Morgan fingerprint density at radius 3 is 2.29 bits per heavy atom. The maximum atomic E-state index is 12.9. The number of sulfonamides is 1. The van der Waals surface area contributed by atoms with Crippen molar-refractivity contribution in [2.24, 2.45) is 0 Å². The van der Waals surface area contributed by atoms with Gasteiger partial charge in [-0.1, -0.05) is 19.1 Å². The molecule has 1 amide bonds. The van der Waals surface area contributed by atoms with Crippen LogP contribution in [0.5, 0.6) is 5.75 Å². The van der Waals surface area contributed by atoms with Crippen molar-refractivity contribution in [3.8, 4) is 5.75 Å². The van der Waals surface area contributed by atoms with E-state index in [-0.39, 0.29) is 12.0 Å². The van der Waals surface area contributed by atoms with E-state index in [1.165, 1.54) is 4.31 Å². The highest BCUT2D eigenvalue weighted by atomic mass is 32.2. The Kier molecular flexibility index (Phi) is 7.07. The number of carbonyl (C=O) groups is 1. The standard InChI is InChI=1S/C21H28N2O4S/c1-6-20(23(28(5,25)26)18-9-7-8-16(4)14-18)21(24)22-17-10-12-19(13-11-17)27-15(2)3/h7-15,20H,6H2,1-5H3,(H,22,24)/t20-/m0/s1. The molecule has 0 bridgehead atoms. The van der Waals surface area contributed by atoms with Crippen LogP contribution in [0.3, 0.4) is 0 Å². The molecule has 6 nitrogen and oxygen atoms in total. The summed E-state index contributed by atoms with van der Waals surface area (Å²) in [5, 5.41) is 2.81. The van der Waals surface area contributed by atoms with Crippen LogP contribution >= 0.6 is 0 Å². The van der Waals surface area contributed by atoms with Crippen molar-refractivity contribution in [1.29, 1.82) is 0 Å². The van der Waals surface area contributed by atoms with Gasteiger partial charge < -0.3 is 10.1 Å². The molecule has 0 unspecified atom stereocenters. The zero-order valence-electron chi connectivity index (χ0n) is 17.0. The number of nitrogens with one attached hydrogen (secondary N) is 1. The molecular weight excluding hydrogens is 376 g/mol. The maximum Gasteiger partial charge on any atom is 0.248 e. The lowest BCUT2D eigenvalue weighted by atomic mass is 10.1. The fourth-order valence-electron chi connectivity index (χ4n) is 2.94. The molecule has 28 heavy (non-hydrogen) atoms. The van der Waals surface area contributed by atoms with Crippen LogP contribution in [-0.4, -0.2) is 32.7 Å². The molecule has 0 heterocycles. The summed E-state index contributed by atoms with van der Waals surface area (Å²) >= 11 is 0. The Balaban J connectivity index is 2.26. The SMILES string of the molecule is CC[C@@H](C(=O)Nc1ccc(OC(C)C)cc1)N(c1cccc(C)c1)S(C)(=O)=O. The third-order valence-corrected chi connectivity index (χ3v) is 5.26. The maximum absolute atomic E-state index is 12.9. The molecule has 1 N–H and O–H groups in total. The first-order valence-corrected chi connectivity index (χ1v) is 11.1. The molecule has 0 aliphatic heterocycles. The summed E-state index contributed by atoms with van der Waals surface area (Å²) in [5.74, 6) is 0.324. The van der Waals surface area contributed by atoms with Crippen molar-refractivity contribution >= 4 is 27.3 Å². The van der Waals surface area contributed by atoms with Gasteiger partial charge in [-0.05, 0) is 69.2 Å². The minimum atomic E-state index is -3.65.